The quantitative estimate of drug-likeness (QED) is 0.860. The number of rotatable bonds is 5. The second kappa shape index (κ2) is 6.55. The lowest BCUT2D eigenvalue weighted by Crippen LogP contribution is -2.27. The number of halogens is 1. The molecule has 1 aliphatic rings. The van der Waals surface area contributed by atoms with Gasteiger partial charge in [-0.25, -0.2) is 0 Å². The molecule has 0 saturated heterocycles. The number of aliphatic hydroxyl groups excluding tert-OH is 1. The van der Waals surface area contributed by atoms with E-state index in [4.69, 9.17) is 17.3 Å². The van der Waals surface area contributed by atoms with Gasteiger partial charge in [0.2, 0.25) is 0 Å². The van der Waals surface area contributed by atoms with Gasteiger partial charge in [-0.1, -0.05) is 55.5 Å². The molecule has 0 amide bonds. The summed E-state index contributed by atoms with van der Waals surface area (Å²) in [6.07, 6.45) is 5.58. The third-order valence-electron chi connectivity index (χ3n) is 4.07. The zero-order valence-corrected chi connectivity index (χ0v) is 11.4. The van der Waals surface area contributed by atoms with E-state index in [1.165, 1.54) is 25.7 Å². The first-order valence-electron chi connectivity index (χ1n) is 6.85. The standard InChI is InChI=1S/C15H22ClNO/c16-14-8-4-3-7-12(14)13(10-17)15(18)9-11-5-1-2-6-11/h3-4,7-8,11,13,15,18H,1-2,5-6,9-10,17H2. The van der Waals surface area contributed by atoms with Gasteiger partial charge in [0, 0.05) is 17.5 Å². The Morgan fingerprint density at radius 1 is 1.28 bits per heavy atom. The molecule has 2 atom stereocenters. The number of benzene rings is 1. The molecule has 0 aliphatic heterocycles. The lowest BCUT2D eigenvalue weighted by Gasteiger charge is -2.25. The summed E-state index contributed by atoms with van der Waals surface area (Å²) in [6.45, 7) is 0.442. The zero-order valence-electron chi connectivity index (χ0n) is 10.7. The number of aliphatic hydroxyl groups is 1. The molecule has 1 fully saturated rings. The molecule has 2 rings (SSSR count). The first-order chi connectivity index (χ1) is 8.72. The number of hydrogen-bond donors (Lipinski definition) is 2. The molecule has 18 heavy (non-hydrogen) atoms. The van der Waals surface area contributed by atoms with E-state index >= 15 is 0 Å². The lowest BCUT2D eigenvalue weighted by molar-refractivity contribution is 0.116. The van der Waals surface area contributed by atoms with Crippen molar-refractivity contribution >= 4 is 11.6 Å². The summed E-state index contributed by atoms with van der Waals surface area (Å²) in [7, 11) is 0. The lowest BCUT2D eigenvalue weighted by atomic mass is 9.87. The second-order valence-electron chi connectivity index (χ2n) is 5.32. The summed E-state index contributed by atoms with van der Waals surface area (Å²) in [5.74, 6) is 0.621. The fourth-order valence-electron chi connectivity index (χ4n) is 3.02. The zero-order chi connectivity index (χ0) is 13.0. The molecule has 1 aliphatic carbocycles. The Labute approximate surface area is 114 Å². The molecule has 0 radical (unpaired) electrons. The van der Waals surface area contributed by atoms with Crippen molar-refractivity contribution in [1.29, 1.82) is 0 Å². The number of nitrogens with two attached hydrogens (primary N) is 1. The van der Waals surface area contributed by atoms with Crippen LogP contribution in [0.3, 0.4) is 0 Å². The Morgan fingerprint density at radius 2 is 1.94 bits per heavy atom. The van der Waals surface area contributed by atoms with Crippen LogP contribution in [0.5, 0.6) is 0 Å². The summed E-state index contributed by atoms with van der Waals surface area (Å²) in [4.78, 5) is 0. The maximum Gasteiger partial charge on any atom is 0.0624 e. The van der Waals surface area contributed by atoms with Crippen LogP contribution in [-0.2, 0) is 0 Å². The molecule has 3 heteroatoms. The summed E-state index contributed by atoms with van der Waals surface area (Å²) in [5.41, 5.74) is 6.81. The highest BCUT2D eigenvalue weighted by Crippen LogP contribution is 2.34. The average molecular weight is 268 g/mol. The molecule has 2 nitrogen and oxygen atoms in total. The minimum atomic E-state index is -0.377. The minimum absolute atomic E-state index is 0.0423. The first kappa shape index (κ1) is 13.9. The van der Waals surface area contributed by atoms with Crippen LogP contribution in [0.1, 0.15) is 43.6 Å². The van der Waals surface area contributed by atoms with E-state index in [-0.39, 0.29) is 12.0 Å². The van der Waals surface area contributed by atoms with Crippen LogP contribution in [0.25, 0.3) is 0 Å². The van der Waals surface area contributed by atoms with Crippen LogP contribution in [0, 0.1) is 5.92 Å². The molecule has 0 aromatic heterocycles. The van der Waals surface area contributed by atoms with Crippen LogP contribution in [0.2, 0.25) is 5.02 Å². The molecule has 2 unspecified atom stereocenters. The van der Waals surface area contributed by atoms with Gasteiger partial charge in [-0.15, -0.1) is 0 Å². The van der Waals surface area contributed by atoms with E-state index < -0.39 is 0 Å². The van der Waals surface area contributed by atoms with E-state index in [0.717, 1.165) is 12.0 Å². The summed E-state index contributed by atoms with van der Waals surface area (Å²) < 4.78 is 0. The first-order valence-corrected chi connectivity index (χ1v) is 7.22. The SMILES string of the molecule is NCC(c1ccccc1Cl)C(O)CC1CCCC1. The fraction of sp³-hybridized carbons (Fsp3) is 0.600. The van der Waals surface area contributed by atoms with Gasteiger partial charge in [0.1, 0.15) is 0 Å². The number of hydrogen-bond acceptors (Lipinski definition) is 2. The Bertz CT molecular complexity index is 377. The van der Waals surface area contributed by atoms with E-state index in [1.54, 1.807) is 0 Å². The predicted octanol–water partition coefficient (Wildman–Crippen LogP) is 3.32. The third-order valence-corrected chi connectivity index (χ3v) is 4.42. The van der Waals surface area contributed by atoms with Crippen molar-refractivity contribution in [1.82, 2.24) is 0 Å². The molecule has 0 heterocycles. The molecular weight excluding hydrogens is 246 g/mol. The van der Waals surface area contributed by atoms with Crippen molar-refractivity contribution in [3.63, 3.8) is 0 Å². The normalized spacial score (nSPS) is 19.9. The highest BCUT2D eigenvalue weighted by Gasteiger charge is 2.26. The van der Waals surface area contributed by atoms with Gasteiger partial charge < -0.3 is 10.8 Å². The molecule has 0 spiro atoms. The van der Waals surface area contributed by atoms with E-state index in [9.17, 15) is 5.11 Å². The van der Waals surface area contributed by atoms with Gasteiger partial charge in [-0.2, -0.15) is 0 Å². The maximum absolute atomic E-state index is 10.4. The van der Waals surface area contributed by atoms with Crippen LogP contribution >= 0.6 is 11.6 Å². The van der Waals surface area contributed by atoms with Gasteiger partial charge in [0.05, 0.1) is 6.10 Å². The second-order valence-corrected chi connectivity index (χ2v) is 5.72. The van der Waals surface area contributed by atoms with Crippen molar-refractivity contribution < 1.29 is 5.11 Å². The van der Waals surface area contributed by atoms with Crippen LogP contribution in [0.15, 0.2) is 24.3 Å². The third kappa shape index (κ3) is 3.25. The fourth-order valence-corrected chi connectivity index (χ4v) is 3.29. The van der Waals surface area contributed by atoms with Crippen molar-refractivity contribution in [2.75, 3.05) is 6.54 Å². The molecule has 1 aromatic carbocycles. The monoisotopic (exact) mass is 267 g/mol. The highest BCUT2D eigenvalue weighted by atomic mass is 35.5. The maximum atomic E-state index is 10.4. The molecule has 100 valence electrons. The minimum Gasteiger partial charge on any atom is -0.392 e. The molecule has 1 aromatic rings. The van der Waals surface area contributed by atoms with Gasteiger partial charge in [-0.05, 0) is 24.0 Å². The van der Waals surface area contributed by atoms with Crippen molar-refractivity contribution in [2.24, 2.45) is 11.7 Å². The molecule has 3 N–H and O–H groups in total. The Morgan fingerprint density at radius 3 is 2.56 bits per heavy atom. The highest BCUT2D eigenvalue weighted by molar-refractivity contribution is 6.31. The summed E-state index contributed by atoms with van der Waals surface area (Å²) in [5, 5.41) is 11.1. The van der Waals surface area contributed by atoms with Crippen molar-refractivity contribution in [3.8, 4) is 0 Å². The van der Waals surface area contributed by atoms with E-state index in [0.29, 0.717) is 17.5 Å². The summed E-state index contributed by atoms with van der Waals surface area (Å²) in [6, 6.07) is 7.69. The van der Waals surface area contributed by atoms with Gasteiger partial charge >= 0.3 is 0 Å². The van der Waals surface area contributed by atoms with Crippen LogP contribution in [0.4, 0.5) is 0 Å². The predicted molar refractivity (Wildman–Crippen MR) is 75.8 cm³/mol. The van der Waals surface area contributed by atoms with Gasteiger partial charge in [0.25, 0.3) is 0 Å². The molecule has 1 saturated carbocycles. The van der Waals surface area contributed by atoms with Gasteiger partial charge in [0.15, 0.2) is 0 Å². The molecule has 0 bridgehead atoms. The van der Waals surface area contributed by atoms with Gasteiger partial charge in [-0.3, -0.25) is 0 Å². The van der Waals surface area contributed by atoms with Crippen molar-refractivity contribution in [3.05, 3.63) is 34.9 Å². The average Bonchev–Trinajstić information content (AvgIpc) is 2.85. The van der Waals surface area contributed by atoms with E-state index in [2.05, 4.69) is 0 Å². The van der Waals surface area contributed by atoms with Crippen LogP contribution in [-0.4, -0.2) is 17.8 Å². The van der Waals surface area contributed by atoms with E-state index in [1.807, 2.05) is 24.3 Å². The molecular formula is C15H22ClNO. The summed E-state index contributed by atoms with van der Waals surface area (Å²) >= 11 is 6.19. The smallest absolute Gasteiger partial charge is 0.0624 e. The Hall–Kier alpha value is -0.570. The Kier molecular flexibility index (Phi) is 5.04. The van der Waals surface area contributed by atoms with Crippen molar-refractivity contribution in [2.45, 2.75) is 44.1 Å². The van der Waals surface area contributed by atoms with Crippen LogP contribution < -0.4 is 5.73 Å². The Balaban J connectivity index is 2.05. The largest absolute Gasteiger partial charge is 0.392 e. The topological polar surface area (TPSA) is 46.2 Å².